The van der Waals surface area contributed by atoms with Gasteiger partial charge >= 0.3 is 5.97 Å². The number of carboxylic acid groups (broad SMARTS) is 1. The van der Waals surface area contributed by atoms with E-state index in [1.54, 1.807) is 6.92 Å². The van der Waals surface area contributed by atoms with Gasteiger partial charge in [0.25, 0.3) is 0 Å². The summed E-state index contributed by atoms with van der Waals surface area (Å²) in [4.78, 5) is 19.1. The van der Waals surface area contributed by atoms with Gasteiger partial charge in [-0.2, -0.15) is 11.8 Å². The quantitative estimate of drug-likeness (QED) is 0.855. The van der Waals surface area contributed by atoms with Crippen LogP contribution < -0.4 is 5.32 Å². The number of aromatic nitrogens is 2. The van der Waals surface area contributed by atoms with Crippen LogP contribution in [0, 0.1) is 6.92 Å². The second-order valence-corrected chi connectivity index (χ2v) is 5.28. The summed E-state index contributed by atoms with van der Waals surface area (Å²) >= 11 is 1.95. The Kier molecular flexibility index (Phi) is 3.83. The molecule has 0 bridgehead atoms. The molecule has 1 saturated heterocycles. The van der Waals surface area contributed by atoms with Gasteiger partial charge in [0.1, 0.15) is 0 Å². The summed E-state index contributed by atoms with van der Waals surface area (Å²) in [6, 6.07) is 1.84. The number of aryl methyl sites for hydroxylation is 1. The highest BCUT2D eigenvalue weighted by Crippen LogP contribution is 2.19. The summed E-state index contributed by atoms with van der Waals surface area (Å²) in [6.45, 7) is 1.77. The van der Waals surface area contributed by atoms with Crippen molar-refractivity contribution in [2.75, 3.05) is 16.8 Å². The molecule has 0 atom stereocenters. The fourth-order valence-electron chi connectivity index (χ4n) is 1.77. The first-order valence-corrected chi connectivity index (χ1v) is 6.74. The monoisotopic (exact) mass is 253 g/mol. The van der Waals surface area contributed by atoms with E-state index in [4.69, 9.17) is 5.11 Å². The summed E-state index contributed by atoms with van der Waals surface area (Å²) < 4.78 is 0. The molecule has 2 heterocycles. The van der Waals surface area contributed by atoms with Crippen molar-refractivity contribution < 1.29 is 9.90 Å². The SMILES string of the molecule is Cc1cc(C(=O)O)nc(NC2CCSCC2)n1. The first-order valence-electron chi connectivity index (χ1n) is 5.58. The lowest BCUT2D eigenvalue weighted by atomic mass is 10.2. The van der Waals surface area contributed by atoms with Crippen molar-refractivity contribution in [1.82, 2.24) is 9.97 Å². The van der Waals surface area contributed by atoms with Crippen molar-refractivity contribution in [3.63, 3.8) is 0 Å². The number of aromatic carboxylic acids is 1. The number of carboxylic acids is 1. The number of anilines is 1. The van der Waals surface area contributed by atoms with E-state index in [0.717, 1.165) is 24.3 Å². The Morgan fingerprint density at radius 1 is 1.47 bits per heavy atom. The van der Waals surface area contributed by atoms with E-state index in [9.17, 15) is 4.79 Å². The molecule has 0 aliphatic carbocycles. The Labute approximate surface area is 104 Å². The first kappa shape index (κ1) is 12.2. The van der Waals surface area contributed by atoms with Gasteiger partial charge in [0.15, 0.2) is 5.69 Å². The topological polar surface area (TPSA) is 75.1 Å². The van der Waals surface area contributed by atoms with Gasteiger partial charge in [-0.1, -0.05) is 0 Å². The molecule has 1 aliphatic heterocycles. The van der Waals surface area contributed by atoms with E-state index in [2.05, 4.69) is 15.3 Å². The summed E-state index contributed by atoms with van der Waals surface area (Å²) in [5.41, 5.74) is 0.718. The molecule has 0 radical (unpaired) electrons. The van der Waals surface area contributed by atoms with Crippen LogP contribution in [0.25, 0.3) is 0 Å². The standard InChI is InChI=1S/C11H15N3O2S/c1-7-6-9(10(15)16)14-11(12-7)13-8-2-4-17-5-3-8/h6,8H,2-5H2,1H3,(H,15,16)(H,12,13,14). The number of hydrogen-bond acceptors (Lipinski definition) is 5. The minimum absolute atomic E-state index is 0.0465. The molecule has 1 aromatic rings. The van der Waals surface area contributed by atoms with Crippen molar-refractivity contribution >= 4 is 23.7 Å². The number of nitrogens with one attached hydrogen (secondary N) is 1. The van der Waals surface area contributed by atoms with E-state index in [1.807, 2.05) is 11.8 Å². The molecule has 5 nitrogen and oxygen atoms in total. The van der Waals surface area contributed by atoms with Gasteiger partial charge in [-0.25, -0.2) is 14.8 Å². The van der Waals surface area contributed by atoms with Gasteiger partial charge < -0.3 is 10.4 Å². The third-order valence-corrected chi connectivity index (χ3v) is 3.68. The molecule has 0 spiro atoms. The molecule has 2 N–H and O–H groups in total. The van der Waals surface area contributed by atoms with Crippen LogP contribution in [0.5, 0.6) is 0 Å². The highest BCUT2D eigenvalue weighted by atomic mass is 32.2. The Balaban J connectivity index is 2.11. The van der Waals surface area contributed by atoms with Crippen LogP contribution in [-0.2, 0) is 0 Å². The van der Waals surface area contributed by atoms with Crippen molar-refractivity contribution in [2.24, 2.45) is 0 Å². The number of nitrogens with zero attached hydrogens (tertiary/aromatic N) is 2. The molecule has 2 rings (SSSR count). The van der Waals surface area contributed by atoms with Gasteiger partial charge in [0, 0.05) is 11.7 Å². The lowest BCUT2D eigenvalue weighted by Gasteiger charge is -2.22. The zero-order valence-electron chi connectivity index (χ0n) is 9.64. The maximum absolute atomic E-state index is 10.9. The summed E-state index contributed by atoms with van der Waals surface area (Å²) in [5, 5.41) is 12.1. The predicted octanol–water partition coefficient (Wildman–Crippen LogP) is 1.79. The molecule has 0 unspecified atom stereocenters. The Morgan fingerprint density at radius 3 is 2.82 bits per heavy atom. The van der Waals surface area contributed by atoms with Gasteiger partial charge in [-0.05, 0) is 37.3 Å². The molecule has 17 heavy (non-hydrogen) atoms. The van der Waals surface area contributed by atoms with Crippen LogP contribution in [0.3, 0.4) is 0 Å². The van der Waals surface area contributed by atoms with Crippen LogP contribution in [0.1, 0.15) is 29.0 Å². The molecular weight excluding hydrogens is 238 g/mol. The van der Waals surface area contributed by atoms with E-state index in [-0.39, 0.29) is 5.69 Å². The largest absolute Gasteiger partial charge is 0.477 e. The van der Waals surface area contributed by atoms with Gasteiger partial charge in [0.2, 0.25) is 5.95 Å². The molecule has 1 aliphatic rings. The Morgan fingerprint density at radius 2 is 2.18 bits per heavy atom. The lowest BCUT2D eigenvalue weighted by Crippen LogP contribution is -2.26. The Bertz CT molecular complexity index is 419. The molecule has 92 valence electrons. The maximum atomic E-state index is 10.9. The summed E-state index contributed by atoms with van der Waals surface area (Å²) in [6.07, 6.45) is 2.15. The third-order valence-electron chi connectivity index (χ3n) is 2.63. The van der Waals surface area contributed by atoms with Crippen LogP contribution in [0.2, 0.25) is 0 Å². The zero-order valence-corrected chi connectivity index (χ0v) is 10.5. The number of carbonyl (C=O) groups is 1. The van der Waals surface area contributed by atoms with Crippen molar-refractivity contribution in [2.45, 2.75) is 25.8 Å². The molecular formula is C11H15N3O2S. The van der Waals surface area contributed by atoms with Crippen LogP contribution in [-0.4, -0.2) is 38.6 Å². The number of thioether (sulfide) groups is 1. The third kappa shape index (κ3) is 3.33. The summed E-state index contributed by atoms with van der Waals surface area (Å²) in [7, 11) is 0. The predicted molar refractivity (Wildman–Crippen MR) is 67.7 cm³/mol. The normalized spacial score (nSPS) is 16.8. The van der Waals surface area contributed by atoms with E-state index < -0.39 is 5.97 Å². The average molecular weight is 253 g/mol. The molecule has 1 aromatic heterocycles. The smallest absolute Gasteiger partial charge is 0.354 e. The number of rotatable bonds is 3. The van der Waals surface area contributed by atoms with E-state index in [1.165, 1.54) is 6.07 Å². The highest BCUT2D eigenvalue weighted by molar-refractivity contribution is 7.99. The first-order chi connectivity index (χ1) is 8.15. The second-order valence-electron chi connectivity index (χ2n) is 4.05. The molecule has 0 amide bonds. The van der Waals surface area contributed by atoms with Gasteiger partial charge in [-0.15, -0.1) is 0 Å². The highest BCUT2D eigenvalue weighted by Gasteiger charge is 2.15. The maximum Gasteiger partial charge on any atom is 0.354 e. The Hall–Kier alpha value is -1.30. The second kappa shape index (κ2) is 5.35. The average Bonchev–Trinajstić information content (AvgIpc) is 2.29. The van der Waals surface area contributed by atoms with Crippen LogP contribution in [0.15, 0.2) is 6.07 Å². The van der Waals surface area contributed by atoms with E-state index in [0.29, 0.717) is 17.7 Å². The number of hydrogen-bond donors (Lipinski definition) is 2. The fraction of sp³-hybridized carbons (Fsp3) is 0.545. The minimum Gasteiger partial charge on any atom is -0.477 e. The van der Waals surface area contributed by atoms with Crippen molar-refractivity contribution in [3.8, 4) is 0 Å². The molecule has 0 saturated carbocycles. The molecule has 0 aromatic carbocycles. The minimum atomic E-state index is -1.02. The van der Waals surface area contributed by atoms with E-state index >= 15 is 0 Å². The van der Waals surface area contributed by atoms with Crippen LogP contribution in [0.4, 0.5) is 5.95 Å². The van der Waals surface area contributed by atoms with Gasteiger partial charge in [0.05, 0.1) is 0 Å². The molecule has 1 fully saturated rings. The molecule has 6 heteroatoms. The summed E-state index contributed by atoms with van der Waals surface area (Å²) in [5.74, 6) is 1.68. The lowest BCUT2D eigenvalue weighted by molar-refractivity contribution is 0.0690. The van der Waals surface area contributed by atoms with Crippen molar-refractivity contribution in [3.05, 3.63) is 17.5 Å². The zero-order chi connectivity index (χ0) is 12.3. The van der Waals surface area contributed by atoms with Crippen LogP contribution >= 0.6 is 11.8 Å². The fourth-order valence-corrected chi connectivity index (χ4v) is 2.87. The van der Waals surface area contributed by atoms with Gasteiger partial charge in [-0.3, -0.25) is 0 Å². The van der Waals surface area contributed by atoms with Crippen molar-refractivity contribution in [1.29, 1.82) is 0 Å².